The topological polar surface area (TPSA) is 83.5 Å². The minimum Gasteiger partial charge on any atom is -0.478 e. The molecule has 0 aliphatic heterocycles. The van der Waals surface area contributed by atoms with Gasteiger partial charge in [0.2, 0.25) is 10.0 Å². The maximum Gasteiger partial charge on any atom is 0.336 e. The second-order valence-electron chi connectivity index (χ2n) is 5.79. The largest absolute Gasteiger partial charge is 0.478 e. The molecule has 3 aromatic rings. The number of hydrogen-bond acceptors (Lipinski definition) is 3. The van der Waals surface area contributed by atoms with Crippen molar-refractivity contribution >= 4 is 16.0 Å². The lowest BCUT2D eigenvalue weighted by molar-refractivity contribution is 0.0697. The van der Waals surface area contributed by atoms with Crippen LogP contribution in [-0.2, 0) is 16.6 Å². The first-order valence-electron chi connectivity index (χ1n) is 8.04. The lowest BCUT2D eigenvalue weighted by atomic mass is 9.95. The third-order valence-electron chi connectivity index (χ3n) is 4.04. The van der Waals surface area contributed by atoms with Crippen LogP contribution in [0.5, 0.6) is 0 Å². The number of nitrogens with one attached hydrogen (secondary N) is 1. The second kappa shape index (κ2) is 7.69. The predicted octanol–water partition coefficient (Wildman–Crippen LogP) is 3.67. The highest BCUT2D eigenvalue weighted by molar-refractivity contribution is 7.89. The first-order valence-corrected chi connectivity index (χ1v) is 9.52. The van der Waals surface area contributed by atoms with Gasteiger partial charge in [-0.2, -0.15) is 0 Å². The summed E-state index contributed by atoms with van der Waals surface area (Å²) < 4.78 is 40.3. The highest BCUT2D eigenvalue weighted by Gasteiger charge is 2.17. The van der Waals surface area contributed by atoms with Gasteiger partial charge in [0.05, 0.1) is 10.5 Å². The molecule has 7 heteroatoms. The van der Waals surface area contributed by atoms with Gasteiger partial charge in [0.25, 0.3) is 0 Å². The number of aromatic carboxylic acids is 1. The molecule has 5 nitrogen and oxygen atoms in total. The monoisotopic (exact) mass is 385 g/mol. The van der Waals surface area contributed by atoms with E-state index in [9.17, 15) is 22.7 Å². The smallest absolute Gasteiger partial charge is 0.336 e. The maximum absolute atomic E-state index is 13.0. The Balaban J connectivity index is 1.92. The van der Waals surface area contributed by atoms with E-state index in [1.807, 2.05) is 0 Å². The van der Waals surface area contributed by atoms with Gasteiger partial charge in [0.1, 0.15) is 5.82 Å². The molecule has 138 valence electrons. The van der Waals surface area contributed by atoms with Crippen molar-refractivity contribution in [3.63, 3.8) is 0 Å². The van der Waals surface area contributed by atoms with E-state index >= 15 is 0 Å². The van der Waals surface area contributed by atoms with Gasteiger partial charge < -0.3 is 5.11 Å². The van der Waals surface area contributed by atoms with Crippen LogP contribution in [0.3, 0.4) is 0 Å². The van der Waals surface area contributed by atoms with E-state index in [1.54, 1.807) is 42.5 Å². The summed E-state index contributed by atoms with van der Waals surface area (Å²) in [5.41, 5.74) is 1.88. The maximum atomic E-state index is 13.0. The lowest BCUT2D eigenvalue weighted by Gasteiger charge is -2.13. The molecule has 0 aromatic heterocycles. The zero-order valence-electron chi connectivity index (χ0n) is 14.1. The van der Waals surface area contributed by atoms with E-state index in [0.29, 0.717) is 16.7 Å². The lowest BCUT2D eigenvalue weighted by Crippen LogP contribution is -2.23. The zero-order valence-corrected chi connectivity index (χ0v) is 14.9. The number of rotatable bonds is 6. The van der Waals surface area contributed by atoms with Gasteiger partial charge >= 0.3 is 5.97 Å². The summed E-state index contributed by atoms with van der Waals surface area (Å²) in [5, 5.41) is 9.41. The number of carboxylic acid groups (broad SMARTS) is 1. The molecule has 3 aromatic carbocycles. The molecule has 0 atom stereocenters. The highest BCUT2D eigenvalue weighted by Crippen LogP contribution is 2.27. The fraction of sp³-hybridized carbons (Fsp3) is 0.0500. The Morgan fingerprint density at radius 3 is 2.15 bits per heavy atom. The minimum atomic E-state index is -3.83. The molecular formula is C20H16FNO4S. The number of carboxylic acids is 1. The molecule has 0 radical (unpaired) electrons. The summed E-state index contributed by atoms with van der Waals surface area (Å²) in [6.45, 7) is -0.0379. The van der Waals surface area contributed by atoms with Crippen LogP contribution in [0.4, 0.5) is 4.39 Å². The highest BCUT2D eigenvalue weighted by atomic mass is 32.2. The third kappa shape index (κ3) is 4.21. The van der Waals surface area contributed by atoms with Crippen LogP contribution < -0.4 is 4.72 Å². The Morgan fingerprint density at radius 1 is 0.889 bits per heavy atom. The van der Waals surface area contributed by atoms with Gasteiger partial charge in [-0.1, -0.05) is 42.5 Å². The molecule has 0 saturated carbocycles. The van der Waals surface area contributed by atoms with Gasteiger partial charge in [0, 0.05) is 6.54 Å². The molecule has 0 aliphatic rings. The fourth-order valence-electron chi connectivity index (χ4n) is 2.71. The summed E-state index contributed by atoms with van der Waals surface area (Å²) in [6, 6.07) is 18.0. The van der Waals surface area contributed by atoms with Gasteiger partial charge in [-0.05, 0) is 47.0 Å². The van der Waals surface area contributed by atoms with Crippen LogP contribution in [0.1, 0.15) is 15.9 Å². The average molecular weight is 385 g/mol. The van der Waals surface area contributed by atoms with Gasteiger partial charge in [-0.3, -0.25) is 0 Å². The Morgan fingerprint density at radius 2 is 1.48 bits per heavy atom. The summed E-state index contributed by atoms with van der Waals surface area (Å²) in [4.78, 5) is 11.4. The SMILES string of the molecule is O=C(O)c1ccccc1-c1ccccc1CNS(=O)(=O)c1ccc(F)cc1. The first-order chi connectivity index (χ1) is 12.9. The number of hydrogen-bond donors (Lipinski definition) is 2. The van der Waals surface area contributed by atoms with E-state index in [1.165, 1.54) is 18.2 Å². The predicted molar refractivity (Wildman–Crippen MR) is 99.3 cm³/mol. The third-order valence-corrected chi connectivity index (χ3v) is 5.46. The minimum absolute atomic E-state index is 0.0379. The van der Waals surface area contributed by atoms with Crippen molar-refractivity contribution < 1.29 is 22.7 Å². The van der Waals surface area contributed by atoms with Gasteiger partial charge in [-0.25, -0.2) is 22.3 Å². The van der Waals surface area contributed by atoms with Crippen LogP contribution in [0, 0.1) is 5.82 Å². The molecule has 0 spiro atoms. The van der Waals surface area contributed by atoms with E-state index in [2.05, 4.69) is 4.72 Å². The number of benzene rings is 3. The average Bonchev–Trinajstić information content (AvgIpc) is 2.67. The van der Waals surface area contributed by atoms with Gasteiger partial charge in [0.15, 0.2) is 0 Å². The molecule has 0 unspecified atom stereocenters. The standard InChI is InChI=1S/C20H16FNO4S/c21-15-9-11-16(12-10-15)27(25,26)22-13-14-5-1-2-6-17(14)18-7-3-4-8-19(18)20(23)24/h1-12,22H,13H2,(H,23,24). The Hall–Kier alpha value is -3.03. The van der Waals surface area contributed by atoms with Crippen molar-refractivity contribution in [2.45, 2.75) is 11.4 Å². The van der Waals surface area contributed by atoms with Crippen molar-refractivity contribution in [1.29, 1.82) is 0 Å². The molecule has 3 rings (SSSR count). The van der Waals surface area contributed by atoms with E-state index in [-0.39, 0.29) is 17.0 Å². The fourth-order valence-corrected chi connectivity index (χ4v) is 3.72. The van der Waals surface area contributed by atoms with Crippen LogP contribution in [0.2, 0.25) is 0 Å². The molecular weight excluding hydrogens is 369 g/mol. The van der Waals surface area contributed by atoms with Crippen LogP contribution in [0.15, 0.2) is 77.7 Å². The number of sulfonamides is 1. The van der Waals surface area contributed by atoms with Crippen molar-refractivity contribution in [1.82, 2.24) is 4.72 Å². The molecule has 0 amide bonds. The molecule has 0 aliphatic carbocycles. The Kier molecular flexibility index (Phi) is 5.34. The summed E-state index contributed by atoms with van der Waals surface area (Å²) in [7, 11) is -3.83. The van der Waals surface area contributed by atoms with Crippen LogP contribution >= 0.6 is 0 Å². The number of halogens is 1. The zero-order chi connectivity index (χ0) is 19.4. The Bertz CT molecular complexity index is 1080. The van der Waals surface area contributed by atoms with Crippen molar-refractivity contribution in [3.05, 3.63) is 89.7 Å². The van der Waals surface area contributed by atoms with Crippen LogP contribution in [0.25, 0.3) is 11.1 Å². The quantitative estimate of drug-likeness (QED) is 0.678. The van der Waals surface area contributed by atoms with Crippen molar-refractivity contribution in [2.75, 3.05) is 0 Å². The first kappa shape index (κ1) is 18.8. The molecule has 27 heavy (non-hydrogen) atoms. The molecule has 0 fully saturated rings. The summed E-state index contributed by atoms with van der Waals surface area (Å²) >= 11 is 0. The number of carbonyl (C=O) groups is 1. The molecule has 0 heterocycles. The molecule has 2 N–H and O–H groups in total. The van der Waals surface area contributed by atoms with Crippen LogP contribution in [-0.4, -0.2) is 19.5 Å². The normalized spacial score (nSPS) is 11.3. The van der Waals surface area contributed by atoms with E-state index in [0.717, 1.165) is 12.1 Å². The van der Waals surface area contributed by atoms with Crippen molar-refractivity contribution in [2.24, 2.45) is 0 Å². The van der Waals surface area contributed by atoms with E-state index < -0.39 is 21.8 Å². The van der Waals surface area contributed by atoms with Crippen molar-refractivity contribution in [3.8, 4) is 11.1 Å². The Labute approximate surface area is 156 Å². The van der Waals surface area contributed by atoms with Gasteiger partial charge in [-0.15, -0.1) is 0 Å². The molecule has 0 saturated heterocycles. The second-order valence-corrected chi connectivity index (χ2v) is 7.55. The van der Waals surface area contributed by atoms with E-state index in [4.69, 9.17) is 0 Å². The summed E-state index contributed by atoms with van der Waals surface area (Å²) in [5.74, 6) is -1.59. The molecule has 0 bridgehead atoms. The summed E-state index contributed by atoms with van der Waals surface area (Å²) in [6.07, 6.45) is 0.